The number of nitrogens with one attached hydrogen (secondary N) is 3. The maximum absolute atomic E-state index is 14.0. The Hall–Kier alpha value is -3.26. The molecule has 132 valence electrons. The molecule has 1 aliphatic heterocycles. The fourth-order valence-corrected chi connectivity index (χ4v) is 3.05. The van der Waals surface area contributed by atoms with Crippen molar-refractivity contribution in [3.63, 3.8) is 0 Å². The zero-order valence-corrected chi connectivity index (χ0v) is 13.8. The minimum Gasteiger partial charge on any atom is -0.382 e. The minimum atomic E-state index is -0.607. The zero-order valence-electron chi connectivity index (χ0n) is 13.8. The van der Waals surface area contributed by atoms with Gasteiger partial charge in [-0.15, -0.1) is 0 Å². The van der Waals surface area contributed by atoms with E-state index in [0.29, 0.717) is 22.4 Å². The number of rotatable bonds is 4. The third-order valence-corrected chi connectivity index (χ3v) is 4.29. The summed E-state index contributed by atoms with van der Waals surface area (Å²) in [4.78, 5) is 32.1. The van der Waals surface area contributed by atoms with Crippen LogP contribution in [-0.4, -0.2) is 41.4 Å². The van der Waals surface area contributed by atoms with Gasteiger partial charge in [0, 0.05) is 13.3 Å². The molecule has 0 saturated heterocycles. The van der Waals surface area contributed by atoms with Crippen LogP contribution in [0.3, 0.4) is 0 Å². The quantitative estimate of drug-likeness (QED) is 0.625. The Labute approximate surface area is 147 Å². The van der Waals surface area contributed by atoms with E-state index in [2.05, 4.69) is 20.6 Å². The Kier molecular flexibility index (Phi) is 3.89. The first-order chi connectivity index (χ1) is 12.6. The van der Waals surface area contributed by atoms with Crippen molar-refractivity contribution in [1.82, 2.24) is 9.97 Å². The second kappa shape index (κ2) is 6.23. The second-order valence-corrected chi connectivity index (χ2v) is 5.92. The third kappa shape index (κ3) is 2.51. The van der Waals surface area contributed by atoms with E-state index in [1.54, 1.807) is 6.07 Å². The zero-order chi connectivity index (χ0) is 18.3. The van der Waals surface area contributed by atoms with E-state index in [9.17, 15) is 14.0 Å². The topological polar surface area (TPSA) is 96.1 Å². The first-order valence-electron chi connectivity index (χ1n) is 7.95. The summed E-state index contributed by atoms with van der Waals surface area (Å²) in [5, 5.41) is 6.34. The number of hydrogen-bond donors (Lipinski definition) is 3. The normalized spacial score (nSPS) is 16.1. The van der Waals surface area contributed by atoms with Crippen molar-refractivity contribution in [2.24, 2.45) is 0 Å². The molecule has 3 heterocycles. The number of aromatic nitrogens is 2. The van der Waals surface area contributed by atoms with Gasteiger partial charge in [-0.25, -0.2) is 9.37 Å². The molecule has 1 unspecified atom stereocenters. The van der Waals surface area contributed by atoms with Crippen molar-refractivity contribution in [3.05, 3.63) is 53.6 Å². The Morgan fingerprint density at radius 3 is 2.88 bits per heavy atom. The lowest BCUT2D eigenvalue weighted by atomic mass is 10.0. The summed E-state index contributed by atoms with van der Waals surface area (Å²) in [5.74, 6) is -1.31. The number of ether oxygens (including phenoxy) is 1. The van der Waals surface area contributed by atoms with Crippen LogP contribution in [0.5, 0.6) is 0 Å². The first-order valence-corrected chi connectivity index (χ1v) is 7.95. The van der Waals surface area contributed by atoms with E-state index in [0.717, 1.165) is 0 Å². The van der Waals surface area contributed by atoms with Gasteiger partial charge in [0.15, 0.2) is 5.78 Å². The molecule has 26 heavy (non-hydrogen) atoms. The summed E-state index contributed by atoms with van der Waals surface area (Å²) in [6, 6.07) is 5.19. The molecule has 0 aliphatic carbocycles. The summed E-state index contributed by atoms with van der Waals surface area (Å²) >= 11 is 0. The SMILES string of the molecule is COCC1Nc2c(cnc3[nH]cc(C(=O)c4ccccc4F)c23)NC1=O. The number of aromatic amines is 1. The fourth-order valence-electron chi connectivity index (χ4n) is 3.05. The van der Waals surface area contributed by atoms with Crippen molar-refractivity contribution < 1.29 is 18.7 Å². The molecule has 1 amide bonds. The fraction of sp³-hybridized carbons (Fsp3) is 0.167. The summed E-state index contributed by atoms with van der Waals surface area (Å²) in [6.07, 6.45) is 3.00. The molecular weight excluding hydrogens is 339 g/mol. The molecule has 1 aliphatic rings. The molecule has 7 nitrogen and oxygen atoms in total. The summed E-state index contributed by atoms with van der Waals surface area (Å²) in [5.41, 5.74) is 1.71. The molecule has 0 radical (unpaired) electrons. The second-order valence-electron chi connectivity index (χ2n) is 5.92. The highest BCUT2D eigenvalue weighted by molar-refractivity contribution is 6.21. The number of hydrogen-bond acceptors (Lipinski definition) is 5. The van der Waals surface area contributed by atoms with Crippen molar-refractivity contribution >= 4 is 34.1 Å². The monoisotopic (exact) mass is 354 g/mol. The van der Waals surface area contributed by atoms with Gasteiger partial charge in [-0.3, -0.25) is 9.59 Å². The van der Waals surface area contributed by atoms with Crippen molar-refractivity contribution in [2.45, 2.75) is 6.04 Å². The molecule has 0 bridgehead atoms. The summed E-state index contributed by atoms with van der Waals surface area (Å²) < 4.78 is 19.1. The third-order valence-electron chi connectivity index (χ3n) is 4.29. The van der Waals surface area contributed by atoms with E-state index in [1.165, 1.54) is 37.7 Å². The number of benzene rings is 1. The molecule has 1 atom stereocenters. The summed E-state index contributed by atoms with van der Waals surface area (Å²) in [7, 11) is 1.50. The lowest BCUT2D eigenvalue weighted by Crippen LogP contribution is -2.42. The van der Waals surface area contributed by atoms with Crippen LogP contribution in [0.4, 0.5) is 15.8 Å². The van der Waals surface area contributed by atoms with Gasteiger partial charge in [0.05, 0.1) is 40.7 Å². The molecule has 0 spiro atoms. The number of methoxy groups -OCH3 is 1. The molecule has 4 rings (SSSR count). The van der Waals surface area contributed by atoms with Crippen LogP contribution in [-0.2, 0) is 9.53 Å². The van der Waals surface area contributed by atoms with Gasteiger partial charge < -0.3 is 20.4 Å². The number of pyridine rings is 1. The predicted molar refractivity (Wildman–Crippen MR) is 93.8 cm³/mol. The Morgan fingerprint density at radius 1 is 1.31 bits per heavy atom. The largest absolute Gasteiger partial charge is 0.382 e. The number of carbonyl (C=O) groups is 2. The highest BCUT2D eigenvalue weighted by Gasteiger charge is 2.29. The van der Waals surface area contributed by atoms with E-state index in [-0.39, 0.29) is 23.6 Å². The van der Waals surface area contributed by atoms with E-state index >= 15 is 0 Å². The number of fused-ring (bicyclic) bond motifs is 3. The first kappa shape index (κ1) is 16.2. The maximum Gasteiger partial charge on any atom is 0.249 e. The number of carbonyl (C=O) groups excluding carboxylic acids is 2. The molecule has 0 fully saturated rings. The molecular formula is C18H15FN4O3. The Morgan fingerprint density at radius 2 is 2.12 bits per heavy atom. The molecule has 1 aromatic carbocycles. The van der Waals surface area contributed by atoms with Crippen LogP contribution >= 0.6 is 0 Å². The smallest absolute Gasteiger partial charge is 0.249 e. The van der Waals surface area contributed by atoms with E-state index in [4.69, 9.17) is 4.74 Å². The van der Waals surface area contributed by atoms with Crippen molar-refractivity contribution in [3.8, 4) is 0 Å². The van der Waals surface area contributed by atoms with E-state index in [1.807, 2.05) is 0 Å². The van der Waals surface area contributed by atoms with Crippen LogP contribution in [0.2, 0.25) is 0 Å². The van der Waals surface area contributed by atoms with Gasteiger partial charge in [0.1, 0.15) is 17.5 Å². The minimum absolute atomic E-state index is 0.0284. The van der Waals surface area contributed by atoms with Crippen LogP contribution in [0.25, 0.3) is 11.0 Å². The highest BCUT2D eigenvalue weighted by Crippen LogP contribution is 2.36. The average Bonchev–Trinajstić information content (AvgIpc) is 3.07. The standard InChI is InChI=1S/C18H15FN4O3/c1-26-8-13-18(25)23-12-7-21-17-14(15(12)22-13)10(6-20-17)16(24)9-4-2-3-5-11(9)19/h2-7,13,22H,8H2,1H3,(H,20,21)(H,23,25). The van der Waals surface area contributed by atoms with Crippen LogP contribution in [0.15, 0.2) is 36.7 Å². The predicted octanol–water partition coefficient (Wildman–Crippen LogP) is 2.31. The van der Waals surface area contributed by atoms with Crippen LogP contribution in [0, 0.1) is 5.82 Å². The lowest BCUT2D eigenvalue weighted by Gasteiger charge is -2.26. The molecule has 8 heteroatoms. The van der Waals surface area contributed by atoms with Crippen molar-refractivity contribution in [1.29, 1.82) is 0 Å². The van der Waals surface area contributed by atoms with Gasteiger partial charge in [-0.1, -0.05) is 12.1 Å². The molecule has 3 aromatic rings. The number of ketones is 1. The van der Waals surface area contributed by atoms with E-state index < -0.39 is 17.6 Å². The van der Waals surface area contributed by atoms with Crippen molar-refractivity contribution in [2.75, 3.05) is 24.4 Å². The number of H-pyrrole nitrogens is 1. The molecule has 0 saturated carbocycles. The highest BCUT2D eigenvalue weighted by atomic mass is 19.1. The van der Waals surface area contributed by atoms with Crippen LogP contribution < -0.4 is 10.6 Å². The lowest BCUT2D eigenvalue weighted by molar-refractivity contribution is -0.118. The van der Waals surface area contributed by atoms with Gasteiger partial charge in [0.25, 0.3) is 0 Å². The number of halogens is 1. The molecule has 2 aromatic heterocycles. The number of anilines is 2. The van der Waals surface area contributed by atoms with Gasteiger partial charge >= 0.3 is 0 Å². The van der Waals surface area contributed by atoms with Gasteiger partial charge in [0.2, 0.25) is 5.91 Å². The Bertz CT molecular complexity index is 1030. The average molecular weight is 354 g/mol. The van der Waals surface area contributed by atoms with Gasteiger partial charge in [-0.2, -0.15) is 0 Å². The maximum atomic E-state index is 14.0. The number of nitrogens with zero attached hydrogens (tertiary/aromatic N) is 1. The Balaban J connectivity index is 1.86. The van der Waals surface area contributed by atoms with Gasteiger partial charge in [-0.05, 0) is 12.1 Å². The van der Waals surface area contributed by atoms with Crippen LogP contribution in [0.1, 0.15) is 15.9 Å². The molecule has 3 N–H and O–H groups in total. The summed E-state index contributed by atoms with van der Waals surface area (Å²) in [6.45, 7) is 0.163. The number of amides is 1.